The molecule has 0 radical (unpaired) electrons. The topological polar surface area (TPSA) is 62.8 Å². The summed E-state index contributed by atoms with van der Waals surface area (Å²) in [6.07, 6.45) is 0.496. The molecule has 1 aliphatic rings. The SMILES string of the molecule is OC(CNCCOc1ccc(CC2CNCS2)cc1)COc1cccc(Cl)c1. The van der Waals surface area contributed by atoms with Crippen LogP contribution in [0.25, 0.3) is 0 Å². The molecule has 2 atom stereocenters. The number of thioether (sulfide) groups is 1. The second kappa shape index (κ2) is 11.5. The molecule has 1 heterocycles. The van der Waals surface area contributed by atoms with Gasteiger partial charge in [0.15, 0.2) is 0 Å². The summed E-state index contributed by atoms with van der Waals surface area (Å²) in [5.74, 6) is 2.58. The van der Waals surface area contributed by atoms with Gasteiger partial charge in [-0.05, 0) is 42.3 Å². The van der Waals surface area contributed by atoms with Crippen LogP contribution in [0.4, 0.5) is 0 Å². The molecule has 0 amide bonds. The zero-order valence-corrected chi connectivity index (χ0v) is 17.3. The Hall–Kier alpha value is -1.44. The predicted molar refractivity (Wildman–Crippen MR) is 116 cm³/mol. The summed E-state index contributed by atoms with van der Waals surface area (Å²) in [4.78, 5) is 0. The van der Waals surface area contributed by atoms with Gasteiger partial charge in [0, 0.05) is 35.8 Å². The van der Waals surface area contributed by atoms with E-state index in [9.17, 15) is 5.11 Å². The molecule has 3 rings (SSSR count). The van der Waals surface area contributed by atoms with Crippen LogP contribution in [0, 0.1) is 0 Å². The molecule has 2 unspecified atom stereocenters. The van der Waals surface area contributed by atoms with E-state index in [-0.39, 0.29) is 6.61 Å². The van der Waals surface area contributed by atoms with Gasteiger partial charge in [-0.1, -0.05) is 29.8 Å². The highest BCUT2D eigenvalue weighted by atomic mass is 35.5. The Balaban J connectivity index is 1.26. The van der Waals surface area contributed by atoms with Gasteiger partial charge < -0.3 is 25.2 Å². The van der Waals surface area contributed by atoms with Crippen LogP contribution < -0.4 is 20.1 Å². The monoisotopic (exact) mass is 422 g/mol. The van der Waals surface area contributed by atoms with Gasteiger partial charge in [-0.25, -0.2) is 0 Å². The number of rotatable bonds is 11. The lowest BCUT2D eigenvalue weighted by molar-refractivity contribution is 0.105. The normalized spacial score (nSPS) is 17.4. The van der Waals surface area contributed by atoms with E-state index in [1.165, 1.54) is 5.56 Å². The number of aliphatic hydroxyl groups excluding tert-OH is 1. The molecule has 0 spiro atoms. The number of aliphatic hydroxyl groups is 1. The fourth-order valence-electron chi connectivity index (χ4n) is 2.89. The zero-order valence-electron chi connectivity index (χ0n) is 15.8. The highest BCUT2D eigenvalue weighted by Crippen LogP contribution is 2.21. The fourth-order valence-corrected chi connectivity index (χ4v) is 4.09. The largest absolute Gasteiger partial charge is 0.492 e. The van der Waals surface area contributed by atoms with E-state index >= 15 is 0 Å². The molecular weight excluding hydrogens is 396 g/mol. The minimum absolute atomic E-state index is 0.213. The van der Waals surface area contributed by atoms with E-state index in [1.54, 1.807) is 12.1 Å². The molecule has 1 aliphatic heterocycles. The molecule has 2 aromatic carbocycles. The summed E-state index contributed by atoms with van der Waals surface area (Å²) in [6, 6.07) is 15.5. The van der Waals surface area contributed by atoms with Crippen molar-refractivity contribution in [2.75, 3.05) is 38.7 Å². The molecule has 3 N–H and O–H groups in total. The molecule has 1 saturated heterocycles. The minimum Gasteiger partial charge on any atom is -0.492 e. The second-order valence-electron chi connectivity index (χ2n) is 6.71. The lowest BCUT2D eigenvalue weighted by atomic mass is 10.1. The lowest BCUT2D eigenvalue weighted by Crippen LogP contribution is -2.33. The highest BCUT2D eigenvalue weighted by Gasteiger charge is 2.15. The van der Waals surface area contributed by atoms with Crippen molar-refractivity contribution >= 4 is 23.4 Å². The van der Waals surface area contributed by atoms with E-state index in [0.717, 1.165) is 24.6 Å². The number of benzene rings is 2. The van der Waals surface area contributed by atoms with Crippen molar-refractivity contribution in [2.45, 2.75) is 17.8 Å². The van der Waals surface area contributed by atoms with E-state index in [1.807, 2.05) is 36.0 Å². The molecule has 2 aromatic rings. The molecule has 0 aliphatic carbocycles. The molecule has 1 fully saturated rings. The summed E-state index contributed by atoms with van der Waals surface area (Å²) in [5, 5.41) is 17.8. The number of hydrogen-bond acceptors (Lipinski definition) is 6. The number of hydrogen-bond donors (Lipinski definition) is 3. The maximum Gasteiger partial charge on any atom is 0.120 e. The number of ether oxygens (including phenoxy) is 2. The molecule has 0 saturated carbocycles. The van der Waals surface area contributed by atoms with Gasteiger partial charge in [0.25, 0.3) is 0 Å². The Morgan fingerprint density at radius 3 is 2.79 bits per heavy atom. The average Bonchev–Trinajstić information content (AvgIpc) is 3.20. The number of halogens is 1. The summed E-state index contributed by atoms with van der Waals surface area (Å²) in [7, 11) is 0. The molecule has 5 nitrogen and oxygen atoms in total. The standard InChI is InChI=1S/C21H27ClN2O3S/c22-17-2-1-3-20(11-17)27-14-18(25)12-23-8-9-26-19-6-4-16(5-7-19)10-21-13-24-15-28-21/h1-7,11,18,21,23-25H,8-10,12-15H2. The molecule has 0 aromatic heterocycles. The smallest absolute Gasteiger partial charge is 0.120 e. The van der Waals surface area contributed by atoms with Crippen molar-refractivity contribution in [2.24, 2.45) is 0 Å². The van der Waals surface area contributed by atoms with Crippen LogP contribution in [-0.4, -0.2) is 55.2 Å². The van der Waals surface area contributed by atoms with Crippen LogP contribution in [-0.2, 0) is 6.42 Å². The fraction of sp³-hybridized carbons (Fsp3) is 0.429. The van der Waals surface area contributed by atoms with Crippen molar-refractivity contribution < 1.29 is 14.6 Å². The Morgan fingerprint density at radius 2 is 2.04 bits per heavy atom. The van der Waals surface area contributed by atoms with Crippen molar-refractivity contribution in [3.8, 4) is 11.5 Å². The van der Waals surface area contributed by atoms with Crippen LogP contribution >= 0.6 is 23.4 Å². The quantitative estimate of drug-likeness (QED) is 0.484. The highest BCUT2D eigenvalue weighted by molar-refractivity contribution is 8.00. The van der Waals surface area contributed by atoms with Gasteiger partial charge in [-0.2, -0.15) is 0 Å². The van der Waals surface area contributed by atoms with Gasteiger partial charge in [-0.15, -0.1) is 11.8 Å². The van der Waals surface area contributed by atoms with Gasteiger partial charge >= 0.3 is 0 Å². The average molecular weight is 423 g/mol. The lowest BCUT2D eigenvalue weighted by Gasteiger charge is -2.14. The third-order valence-electron chi connectivity index (χ3n) is 4.35. The summed E-state index contributed by atoms with van der Waals surface area (Å²) in [5.41, 5.74) is 1.34. The number of nitrogens with one attached hydrogen (secondary N) is 2. The first-order valence-electron chi connectivity index (χ1n) is 9.50. The molecule has 28 heavy (non-hydrogen) atoms. The third-order valence-corrected chi connectivity index (χ3v) is 5.76. The van der Waals surface area contributed by atoms with Crippen LogP contribution in [0.3, 0.4) is 0 Å². The van der Waals surface area contributed by atoms with Gasteiger partial charge in [-0.3, -0.25) is 0 Å². The predicted octanol–water partition coefficient (Wildman–Crippen LogP) is 2.95. The Bertz CT molecular complexity index is 711. The van der Waals surface area contributed by atoms with E-state index in [0.29, 0.717) is 35.7 Å². The van der Waals surface area contributed by atoms with Crippen LogP contribution in [0.2, 0.25) is 5.02 Å². The maximum absolute atomic E-state index is 9.98. The summed E-state index contributed by atoms with van der Waals surface area (Å²) in [6.45, 7) is 2.94. The van der Waals surface area contributed by atoms with Crippen molar-refractivity contribution in [1.29, 1.82) is 0 Å². The first-order chi connectivity index (χ1) is 13.7. The van der Waals surface area contributed by atoms with Crippen LogP contribution in [0.1, 0.15) is 5.56 Å². The van der Waals surface area contributed by atoms with Crippen molar-refractivity contribution in [1.82, 2.24) is 10.6 Å². The summed E-state index contributed by atoms with van der Waals surface area (Å²) < 4.78 is 11.3. The minimum atomic E-state index is -0.596. The first-order valence-corrected chi connectivity index (χ1v) is 10.9. The maximum atomic E-state index is 9.98. The third kappa shape index (κ3) is 7.53. The molecule has 0 bridgehead atoms. The summed E-state index contributed by atoms with van der Waals surface area (Å²) >= 11 is 7.88. The zero-order chi connectivity index (χ0) is 19.6. The van der Waals surface area contributed by atoms with Crippen LogP contribution in [0.15, 0.2) is 48.5 Å². The Labute approximate surface area is 175 Å². The van der Waals surface area contributed by atoms with Crippen molar-refractivity contribution in [3.63, 3.8) is 0 Å². The Kier molecular flexibility index (Phi) is 8.76. The van der Waals surface area contributed by atoms with E-state index < -0.39 is 6.10 Å². The van der Waals surface area contributed by atoms with Gasteiger partial charge in [0.05, 0.1) is 0 Å². The second-order valence-corrected chi connectivity index (χ2v) is 8.44. The first kappa shape index (κ1) is 21.3. The van der Waals surface area contributed by atoms with Gasteiger partial charge in [0.1, 0.15) is 30.8 Å². The van der Waals surface area contributed by atoms with E-state index in [2.05, 4.69) is 22.8 Å². The Morgan fingerprint density at radius 1 is 1.18 bits per heavy atom. The molecule has 152 valence electrons. The van der Waals surface area contributed by atoms with Crippen molar-refractivity contribution in [3.05, 3.63) is 59.1 Å². The molecular formula is C21H27ClN2O3S. The molecule has 7 heteroatoms. The van der Waals surface area contributed by atoms with E-state index in [4.69, 9.17) is 21.1 Å². The van der Waals surface area contributed by atoms with Crippen LogP contribution in [0.5, 0.6) is 11.5 Å². The van der Waals surface area contributed by atoms with Gasteiger partial charge in [0.2, 0.25) is 0 Å².